The Labute approximate surface area is 196 Å². The molecule has 0 N–H and O–H groups in total. The molecule has 0 atom stereocenters. The largest absolute Gasteiger partial charge is 0.335 e. The molecule has 3 aromatic rings. The highest BCUT2D eigenvalue weighted by Gasteiger charge is 2.36. The Bertz CT molecular complexity index is 1340. The maximum absolute atomic E-state index is 13.4. The predicted molar refractivity (Wildman–Crippen MR) is 123 cm³/mol. The number of benzene rings is 2. The molecular formula is C23H23N5O5S. The van der Waals surface area contributed by atoms with Gasteiger partial charge in [-0.1, -0.05) is 30.3 Å². The number of hydrogen-bond donors (Lipinski definition) is 0. The van der Waals surface area contributed by atoms with Gasteiger partial charge in [0.2, 0.25) is 10.0 Å². The minimum atomic E-state index is -4.07. The van der Waals surface area contributed by atoms with Crippen molar-refractivity contribution in [3.8, 4) is 5.69 Å². The number of piperazine rings is 1. The Morgan fingerprint density at radius 1 is 0.971 bits per heavy atom. The maximum Gasteiger partial charge on any atom is 0.289 e. The third-order valence-corrected chi connectivity index (χ3v) is 8.10. The van der Waals surface area contributed by atoms with Crippen molar-refractivity contribution >= 4 is 21.6 Å². The lowest BCUT2D eigenvalue weighted by Crippen LogP contribution is -2.50. The number of carbonyl (C=O) groups is 1. The topological polar surface area (TPSA) is 119 Å². The number of carbonyl (C=O) groups excluding carboxylic acids is 1. The van der Waals surface area contributed by atoms with Crippen LogP contribution in [0.5, 0.6) is 0 Å². The molecule has 176 valence electrons. The number of nitro groups is 1. The third kappa shape index (κ3) is 4.08. The fourth-order valence-corrected chi connectivity index (χ4v) is 5.73. The molecular weight excluding hydrogens is 458 g/mol. The van der Waals surface area contributed by atoms with Gasteiger partial charge in [0.1, 0.15) is 5.69 Å². The molecule has 2 heterocycles. The van der Waals surface area contributed by atoms with Gasteiger partial charge in [-0.3, -0.25) is 14.9 Å². The second kappa shape index (κ2) is 8.65. The number of hydrogen-bond acceptors (Lipinski definition) is 6. The van der Waals surface area contributed by atoms with Crippen LogP contribution in [0, 0.1) is 10.1 Å². The van der Waals surface area contributed by atoms with Crippen molar-refractivity contribution in [2.45, 2.75) is 23.7 Å². The summed E-state index contributed by atoms with van der Waals surface area (Å²) >= 11 is 0. The maximum atomic E-state index is 13.4. The van der Waals surface area contributed by atoms with Crippen LogP contribution in [-0.2, 0) is 10.0 Å². The van der Waals surface area contributed by atoms with Crippen molar-refractivity contribution in [3.63, 3.8) is 0 Å². The van der Waals surface area contributed by atoms with Gasteiger partial charge in [0.15, 0.2) is 4.90 Å². The molecule has 2 aromatic carbocycles. The molecule has 2 aliphatic rings. The zero-order valence-electron chi connectivity index (χ0n) is 18.3. The van der Waals surface area contributed by atoms with Gasteiger partial charge in [-0.05, 0) is 37.1 Å². The molecule has 0 radical (unpaired) electrons. The van der Waals surface area contributed by atoms with Crippen LogP contribution in [0.1, 0.15) is 34.9 Å². The molecule has 1 saturated carbocycles. The summed E-state index contributed by atoms with van der Waals surface area (Å²) in [4.78, 5) is 25.3. The Balaban J connectivity index is 1.36. The molecule has 0 unspecified atom stereocenters. The summed E-state index contributed by atoms with van der Waals surface area (Å²) in [5.41, 5.74) is 1.67. The molecule has 0 spiro atoms. The summed E-state index contributed by atoms with van der Waals surface area (Å²) in [6.45, 7) is 0.457. The third-order valence-electron chi connectivity index (χ3n) is 6.15. The Morgan fingerprint density at radius 2 is 1.62 bits per heavy atom. The fourth-order valence-electron chi connectivity index (χ4n) is 4.16. The zero-order valence-corrected chi connectivity index (χ0v) is 19.1. The van der Waals surface area contributed by atoms with Gasteiger partial charge in [-0.2, -0.15) is 9.40 Å². The molecule has 1 amide bonds. The van der Waals surface area contributed by atoms with Crippen LogP contribution in [-0.4, -0.2) is 64.4 Å². The summed E-state index contributed by atoms with van der Waals surface area (Å²) < 4.78 is 29.0. The quantitative estimate of drug-likeness (QED) is 0.395. The molecule has 1 aliphatic heterocycles. The highest BCUT2D eigenvalue weighted by atomic mass is 32.2. The lowest BCUT2D eigenvalue weighted by atomic mass is 10.2. The van der Waals surface area contributed by atoms with E-state index in [0.29, 0.717) is 11.6 Å². The second-order valence-electron chi connectivity index (χ2n) is 8.40. The number of nitrogens with zero attached hydrogens (tertiary/aromatic N) is 5. The normalized spacial score (nSPS) is 17.0. The van der Waals surface area contributed by atoms with E-state index in [1.165, 1.54) is 28.6 Å². The number of amides is 1. The minimum Gasteiger partial charge on any atom is -0.335 e. The first kappa shape index (κ1) is 22.2. The van der Waals surface area contributed by atoms with Crippen molar-refractivity contribution in [1.29, 1.82) is 0 Å². The van der Waals surface area contributed by atoms with E-state index < -0.39 is 20.6 Å². The van der Waals surface area contributed by atoms with Crippen LogP contribution in [0.4, 0.5) is 5.69 Å². The van der Waals surface area contributed by atoms with Crippen LogP contribution in [0.15, 0.2) is 65.6 Å². The van der Waals surface area contributed by atoms with Crippen molar-refractivity contribution in [2.75, 3.05) is 26.2 Å². The Morgan fingerprint density at radius 3 is 2.26 bits per heavy atom. The van der Waals surface area contributed by atoms with E-state index in [4.69, 9.17) is 0 Å². The van der Waals surface area contributed by atoms with Gasteiger partial charge < -0.3 is 4.90 Å². The fraction of sp³-hybridized carbons (Fsp3) is 0.304. The molecule has 1 aliphatic carbocycles. The van der Waals surface area contributed by atoms with Crippen LogP contribution < -0.4 is 0 Å². The van der Waals surface area contributed by atoms with Crippen LogP contribution >= 0.6 is 0 Å². The number of aromatic nitrogens is 2. The van der Waals surface area contributed by atoms with E-state index in [9.17, 15) is 23.3 Å². The van der Waals surface area contributed by atoms with Crippen LogP contribution in [0.3, 0.4) is 0 Å². The highest BCUT2D eigenvalue weighted by molar-refractivity contribution is 7.89. The molecule has 11 heteroatoms. The number of rotatable bonds is 6. The van der Waals surface area contributed by atoms with Crippen molar-refractivity contribution in [1.82, 2.24) is 19.0 Å². The van der Waals surface area contributed by atoms with Gasteiger partial charge in [0, 0.05) is 38.2 Å². The Hall–Kier alpha value is -3.57. The number of nitro benzene ring substituents is 1. The van der Waals surface area contributed by atoms with E-state index in [1.807, 2.05) is 36.4 Å². The van der Waals surface area contributed by atoms with Crippen molar-refractivity contribution in [3.05, 3.63) is 82.2 Å². The van der Waals surface area contributed by atoms with Gasteiger partial charge in [-0.25, -0.2) is 13.1 Å². The van der Waals surface area contributed by atoms with E-state index in [-0.39, 0.29) is 37.0 Å². The predicted octanol–water partition coefficient (Wildman–Crippen LogP) is 2.80. The lowest BCUT2D eigenvalue weighted by Gasteiger charge is -2.33. The Kier molecular flexibility index (Phi) is 5.66. The monoisotopic (exact) mass is 481 g/mol. The summed E-state index contributed by atoms with van der Waals surface area (Å²) in [5, 5.41) is 16.0. The summed E-state index contributed by atoms with van der Waals surface area (Å²) in [6.07, 6.45) is 2.11. The lowest BCUT2D eigenvalue weighted by molar-refractivity contribution is -0.387. The van der Waals surface area contributed by atoms with E-state index >= 15 is 0 Å². The van der Waals surface area contributed by atoms with Gasteiger partial charge >= 0.3 is 0 Å². The first-order chi connectivity index (χ1) is 16.4. The van der Waals surface area contributed by atoms with E-state index in [2.05, 4.69) is 5.10 Å². The summed E-state index contributed by atoms with van der Waals surface area (Å²) in [6, 6.07) is 16.6. The summed E-state index contributed by atoms with van der Waals surface area (Å²) in [7, 11) is -4.07. The first-order valence-electron chi connectivity index (χ1n) is 11.0. The molecule has 2 fully saturated rings. The first-order valence-corrected chi connectivity index (χ1v) is 12.5. The highest BCUT2D eigenvalue weighted by Crippen LogP contribution is 2.40. The molecule has 1 aromatic heterocycles. The second-order valence-corrected chi connectivity index (χ2v) is 10.3. The SMILES string of the molecule is O=C(c1cc(C2CC2)nn1-c1ccccc1)N1CCN(S(=O)(=O)c2ccccc2[N+](=O)[O-])CC1. The van der Waals surface area contributed by atoms with E-state index in [0.717, 1.165) is 24.2 Å². The molecule has 0 bridgehead atoms. The summed E-state index contributed by atoms with van der Waals surface area (Å²) in [5.74, 6) is 0.158. The van der Waals surface area contributed by atoms with Gasteiger partial charge in [0.05, 0.1) is 16.3 Å². The van der Waals surface area contributed by atoms with Crippen molar-refractivity contribution in [2.24, 2.45) is 0 Å². The average Bonchev–Trinajstić information content (AvgIpc) is 3.62. The molecule has 5 rings (SSSR count). The van der Waals surface area contributed by atoms with Crippen LogP contribution in [0.2, 0.25) is 0 Å². The zero-order chi connectivity index (χ0) is 23.9. The van der Waals surface area contributed by atoms with Crippen molar-refractivity contribution < 1.29 is 18.1 Å². The molecule has 34 heavy (non-hydrogen) atoms. The van der Waals surface area contributed by atoms with Gasteiger partial charge in [-0.15, -0.1) is 0 Å². The molecule has 10 nitrogen and oxygen atoms in total. The smallest absolute Gasteiger partial charge is 0.289 e. The van der Waals surface area contributed by atoms with E-state index in [1.54, 1.807) is 9.58 Å². The number of para-hydroxylation sites is 2. The van der Waals surface area contributed by atoms with Gasteiger partial charge in [0.25, 0.3) is 11.6 Å². The molecule has 1 saturated heterocycles. The standard InChI is InChI=1S/C23H23N5O5S/c29-23(21-16-19(17-10-11-17)24-27(21)18-6-2-1-3-7-18)25-12-14-26(15-13-25)34(32,33)22-9-5-4-8-20(22)28(30)31/h1-9,16-17H,10-15H2. The average molecular weight is 482 g/mol. The van der Waals surface area contributed by atoms with Crippen LogP contribution in [0.25, 0.3) is 5.69 Å². The minimum absolute atomic E-state index is 0.0507. The number of sulfonamides is 1.